The lowest BCUT2D eigenvalue weighted by Crippen LogP contribution is -2.46. The highest BCUT2D eigenvalue weighted by Gasteiger charge is 2.19. The fraction of sp³-hybridized carbons (Fsp3) is 0.478. The van der Waals surface area contributed by atoms with Crippen LogP contribution in [0.15, 0.2) is 48.5 Å². The molecule has 0 spiro atoms. The van der Waals surface area contributed by atoms with Crippen LogP contribution in [0, 0.1) is 0 Å². The number of piperazine rings is 1. The van der Waals surface area contributed by atoms with Crippen molar-refractivity contribution in [2.75, 3.05) is 55.7 Å². The minimum absolute atomic E-state index is 0.709. The summed E-state index contributed by atoms with van der Waals surface area (Å²) < 4.78 is 5.80. The smallest absolute Gasteiger partial charge is 0.142 e. The molecule has 0 aromatic heterocycles. The number of nitrogens with zero attached hydrogens (tertiary/aromatic N) is 3. The molecule has 1 aliphatic rings. The molecular formula is C23H33N3O. The van der Waals surface area contributed by atoms with E-state index >= 15 is 0 Å². The number of para-hydroxylation sites is 2. The van der Waals surface area contributed by atoms with E-state index in [1.807, 2.05) is 13.0 Å². The summed E-state index contributed by atoms with van der Waals surface area (Å²) in [5.41, 5.74) is 3.94. The predicted octanol–water partition coefficient (Wildman–Crippen LogP) is 4.25. The van der Waals surface area contributed by atoms with Crippen molar-refractivity contribution in [1.29, 1.82) is 0 Å². The Hall–Kier alpha value is -2.20. The Morgan fingerprint density at radius 3 is 2.15 bits per heavy atom. The minimum Gasteiger partial charge on any atom is -0.492 e. The molecule has 1 aliphatic heterocycles. The normalized spacial score (nSPS) is 15.0. The molecule has 1 heterocycles. The minimum atomic E-state index is 0.709. The van der Waals surface area contributed by atoms with Crippen LogP contribution in [0.5, 0.6) is 5.75 Å². The standard InChI is InChI=1S/C23H33N3O/c1-4-25(5-2)21-13-11-20(12-14-21)19-24-15-17-26(18-16-24)22-9-7-8-10-23(22)27-6-3/h7-14H,4-6,15-19H2,1-3H3. The van der Waals surface area contributed by atoms with Crippen LogP contribution in [0.2, 0.25) is 0 Å². The van der Waals surface area contributed by atoms with Crippen molar-refractivity contribution in [3.05, 3.63) is 54.1 Å². The summed E-state index contributed by atoms with van der Waals surface area (Å²) in [5, 5.41) is 0. The van der Waals surface area contributed by atoms with E-state index in [0.717, 1.165) is 51.6 Å². The number of benzene rings is 2. The molecule has 4 heteroatoms. The number of hydrogen-bond donors (Lipinski definition) is 0. The second-order valence-electron chi connectivity index (χ2n) is 7.00. The van der Waals surface area contributed by atoms with Crippen LogP contribution in [0.1, 0.15) is 26.3 Å². The summed E-state index contributed by atoms with van der Waals surface area (Å²) in [6.07, 6.45) is 0. The summed E-state index contributed by atoms with van der Waals surface area (Å²) in [4.78, 5) is 7.38. The van der Waals surface area contributed by atoms with Gasteiger partial charge in [-0.3, -0.25) is 4.90 Å². The number of rotatable bonds is 8. The van der Waals surface area contributed by atoms with Crippen LogP contribution < -0.4 is 14.5 Å². The Morgan fingerprint density at radius 1 is 0.852 bits per heavy atom. The lowest BCUT2D eigenvalue weighted by atomic mass is 10.1. The Bertz CT molecular complexity index is 689. The van der Waals surface area contributed by atoms with Crippen LogP contribution in [-0.2, 0) is 6.54 Å². The van der Waals surface area contributed by atoms with Gasteiger partial charge in [0.2, 0.25) is 0 Å². The van der Waals surface area contributed by atoms with Gasteiger partial charge in [0.15, 0.2) is 0 Å². The molecule has 0 aliphatic carbocycles. The van der Waals surface area contributed by atoms with E-state index in [4.69, 9.17) is 4.74 Å². The predicted molar refractivity (Wildman–Crippen MR) is 115 cm³/mol. The van der Waals surface area contributed by atoms with Gasteiger partial charge < -0.3 is 14.5 Å². The first-order valence-corrected chi connectivity index (χ1v) is 10.3. The SMILES string of the molecule is CCOc1ccccc1N1CCN(Cc2ccc(N(CC)CC)cc2)CC1. The molecule has 1 fully saturated rings. The molecule has 1 saturated heterocycles. The van der Waals surface area contributed by atoms with Gasteiger partial charge in [-0.1, -0.05) is 24.3 Å². The molecule has 2 aromatic rings. The van der Waals surface area contributed by atoms with E-state index < -0.39 is 0 Å². The van der Waals surface area contributed by atoms with Crippen molar-refractivity contribution in [1.82, 2.24) is 4.90 Å². The molecule has 3 rings (SSSR count). The summed E-state index contributed by atoms with van der Waals surface area (Å²) in [5.74, 6) is 1.00. The molecule has 4 nitrogen and oxygen atoms in total. The van der Waals surface area contributed by atoms with Crippen LogP contribution >= 0.6 is 0 Å². The first-order chi connectivity index (χ1) is 13.2. The maximum Gasteiger partial charge on any atom is 0.142 e. The van der Waals surface area contributed by atoms with E-state index in [1.165, 1.54) is 16.9 Å². The monoisotopic (exact) mass is 367 g/mol. The Morgan fingerprint density at radius 2 is 1.52 bits per heavy atom. The topological polar surface area (TPSA) is 19.0 Å². The van der Waals surface area contributed by atoms with Gasteiger partial charge >= 0.3 is 0 Å². The zero-order valence-electron chi connectivity index (χ0n) is 17.0. The largest absolute Gasteiger partial charge is 0.492 e. The molecule has 27 heavy (non-hydrogen) atoms. The molecule has 0 unspecified atom stereocenters. The van der Waals surface area contributed by atoms with E-state index in [-0.39, 0.29) is 0 Å². The number of hydrogen-bond acceptors (Lipinski definition) is 4. The fourth-order valence-corrected chi connectivity index (χ4v) is 3.80. The van der Waals surface area contributed by atoms with Gasteiger partial charge in [0.25, 0.3) is 0 Å². The van der Waals surface area contributed by atoms with E-state index in [9.17, 15) is 0 Å². The lowest BCUT2D eigenvalue weighted by molar-refractivity contribution is 0.248. The molecule has 0 N–H and O–H groups in total. The molecule has 0 saturated carbocycles. The Kier molecular flexibility index (Phi) is 6.99. The lowest BCUT2D eigenvalue weighted by Gasteiger charge is -2.36. The van der Waals surface area contributed by atoms with Crippen molar-refractivity contribution in [3.63, 3.8) is 0 Å². The summed E-state index contributed by atoms with van der Waals surface area (Å²) >= 11 is 0. The Balaban J connectivity index is 1.55. The quantitative estimate of drug-likeness (QED) is 0.694. The fourth-order valence-electron chi connectivity index (χ4n) is 3.80. The van der Waals surface area contributed by atoms with Crippen molar-refractivity contribution in [2.24, 2.45) is 0 Å². The van der Waals surface area contributed by atoms with Gasteiger partial charge in [0.05, 0.1) is 12.3 Å². The maximum absolute atomic E-state index is 5.80. The van der Waals surface area contributed by atoms with Crippen LogP contribution in [0.25, 0.3) is 0 Å². The third-order valence-corrected chi connectivity index (χ3v) is 5.35. The molecule has 0 atom stereocenters. The second kappa shape index (κ2) is 9.65. The summed E-state index contributed by atoms with van der Waals surface area (Å²) in [6.45, 7) is 14.6. The highest BCUT2D eigenvalue weighted by Crippen LogP contribution is 2.29. The molecular weight excluding hydrogens is 334 g/mol. The van der Waals surface area contributed by atoms with Crippen molar-refractivity contribution >= 4 is 11.4 Å². The summed E-state index contributed by atoms with van der Waals surface area (Å²) in [7, 11) is 0. The Labute approximate surface area is 164 Å². The van der Waals surface area contributed by atoms with E-state index in [1.54, 1.807) is 0 Å². The van der Waals surface area contributed by atoms with Crippen LogP contribution in [0.3, 0.4) is 0 Å². The first-order valence-electron chi connectivity index (χ1n) is 10.3. The molecule has 146 valence electrons. The molecule has 0 radical (unpaired) electrons. The average Bonchev–Trinajstić information content (AvgIpc) is 2.72. The van der Waals surface area contributed by atoms with E-state index in [0.29, 0.717) is 6.61 Å². The van der Waals surface area contributed by atoms with Crippen molar-refractivity contribution in [3.8, 4) is 5.75 Å². The van der Waals surface area contributed by atoms with Gasteiger partial charge in [-0.05, 0) is 50.6 Å². The van der Waals surface area contributed by atoms with Crippen LogP contribution in [-0.4, -0.2) is 50.8 Å². The first kappa shape index (κ1) is 19.6. The van der Waals surface area contributed by atoms with Crippen molar-refractivity contribution < 1.29 is 4.74 Å². The average molecular weight is 368 g/mol. The number of anilines is 2. The molecule has 0 bridgehead atoms. The van der Waals surface area contributed by atoms with Gasteiger partial charge in [-0.15, -0.1) is 0 Å². The van der Waals surface area contributed by atoms with Gasteiger partial charge in [0, 0.05) is 51.5 Å². The van der Waals surface area contributed by atoms with Crippen LogP contribution in [0.4, 0.5) is 11.4 Å². The molecule has 2 aromatic carbocycles. The highest BCUT2D eigenvalue weighted by atomic mass is 16.5. The maximum atomic E-state index is 5.80. The van der Waals surface area contributed by atoms with Crippen molar-refractivity contribution in [2.45, 2.75) is 27.3 Å². The van der Waals surface area contributed by atoms with E-state index in [2.05, 4.69) is 71.0 Å². The number of ether oxygens (including phenoxy) is 1. The third kappa shape index (κ3) is 4.95. The van der Waals surface area contributed by atoms with Gasteiger partial charge in [-0.25, -0.2) is 0 Å². The highest BCUT2D eigenvalue weighted by molar-refractivity contribution is 5.58. The second-order valence-corrected chi connectivity index (χ2v) is 7.00. The zero-order valence-corrected chi connectivity index (χ0v) is 17.0. The van der Waals surface area contributed by atoms with Gasteiger partial charge in [-0.2, -0.15) is 0 Å². The molecule has 0 amide bonds. The van der Waals surface area contributed by atoms with Gasteiger partial charge in [0.1, 0.15) is 5.75 Å². The summed E-state index contributed by atoms with van der Waals surface area (Å²) in [6, 6.07) is 17.5. The third-order valence-electron chi connectivity index (χ3n) is 5.35. The zero-order chi connectivity index (χ0) is 19.1.